The number of amides is 2. The smallest absolute Gasteiger partial charge is 0.271 e. The Morgan fingerprint density at radius 2 is 2.05 bits per heavy atom. The number of fused-ring (bicyclic) bond motifs is 2. The molecule has 2 aliphatic carbocycles. The van der Waals surface area contributed by atoms with Gasteiger partial charge in [0, 0.05) is 29.8 Å². The first-order valence-electron chi connectivity index (χ1n) is 12.9. The van der Waals surface area contributed by atoms with Crippen molar-refractivity contribution in [3.63, 3.8) is 0 Å². The van der Waals surface area contributed by atoms with Crippen LogP contribution in [0.25, 0.3) is 10.9 Å². The molecule has 1 aromatic heterocycles. The molecule has 2 aromatic rings. The van der Waals surface area contributed by atoms with Crippen LogP contribution in [0.5, 0.6) is 5.75 Å². The number of methoxy groups -OCH3 is 1. The van der Waals surface area contributed by atoms with Crippen LogP contribution in [0.15, 0.2) is 18.2 Å². The predicted octanol–water partition coefficient (Wildman–Crippen LogP) is 2.88. The molecule has 1 aromatic carbocycles. The summed E-state index contributed by atoms with van der Waals surface area (Å²) in [7, 11) is 1.51. The molecule has 5 rings (SSSR count). The number of likely N-dealkylation sites (tertiary alicyclic amines) is 1. The number of ether oxygens (including phenoxy) is 1. The monoisotopic (exact) mass is 529 g/mol. The molecular formula is C27H32ClN3O6. The molecule has 37 heavy (non-hydrogen) atoms. The van der Waals surface area contributed by atoms with Crippen molar-refractivity contribution in [2.45, 2.75) is 57.0 Å². The zero-order valence-electron chi connectivity index (χ0n) is 20.8. The molecule has 5 atom stereocenters. The van der Waals surface area contributed by atoms with Gasteiger partial charge < -0.3 is 25.0 Å². The summed E-state index contributed by atoms with van der Waals surface area (Å²) in [4.78, 5) is 56.9. The molecule has 2 heterocycles. The quantitative estimate of drug-likeness (QED) is 0.482. The number of aromatic nitrogens is 1. The summed E-state index contributed by atoms with van der Waals surface area (Å²) in [6.07, 6.45) is 4.85. The van der Waals surface area contributed by atoms with Crippen LogP contribution in [0.1, 0.15) is 55.4 Å². The first-order valence-corrected chi connectivity index (χ1v) is 13.3. The Kier molecular flexibility index (Phi) is 7.27. The van der Waals surface area contributed by atoms with E-state index in [1.807, 2.05) is 0 Å². The van der Waals surface area contributed by atoms with Crippen molar-refractivity contribution in [1.82, 2.24) is 15.2 Å². The molecule has 1 aliphatic heterocycles. The number of carbonyl (C=O) groups is 4. The number of halogens is 1. The van der Waals surface area contributed by atoms with Crippen LogP contribution in [0.2, 0.25) is 5.02 Å². The second-order valence-corrected chi connectivity index (χ2v) is 10.9. The Morgan fingerprint density at radius 3 is 2.76 bits per heavy atom. The first-order chi connectivity index (χ1) is 17.8. The molecule has 0 radical (unpaired) electrons. The average Bonchev–Trinajstić information content (AvgIpc) is 3.66. The highest BCUT2D eigenvalue weighted by atomic mass is 35.5. The fourth-order valence-corrected chi connectivity index (χ4v) is 6.78. The third-order valence-electron chi connectivity index (χ3n) is 8.37. The molecule has 0 unspecified atom stereocenters. The first kappa shape index (κ1) is 25.7. The number of ketones is 2. The number of hydrogen-bond acceptors (Lipinski definition) is 6. The average molecular weight is 530 g/mol. The van der Waals surface area contributed by atoms with E-state index < -0.39 is 30.4 Å². The van der Waals surface area contributed by atoms with Crippen LogP contribution in [0, 0.1) is 17.8 Å². The van der Waals surface area contributed by atoms with Gasteiger partial charge in [-0.15, -0.1) is 0 Å². The summed E-state index contributed by atoms with van der Waals surface area (Å²) < 4.78 is 5.42. The normalized spacial score (nSPS) is 25.9. The molecule has 3 fully saturated rings. The lowest BCUT2D eigenvalue weighted by atomic mass is 9.91. The number of hydrogen-bond donors (Lipinski definition) is 3. The van der Waals surface area contributed by atoms with Crippen molar-refractivity contribution in [2.75, 3.05) is 20.3 Å². The highest BCUT2D eigenvalue weighted by Gasteiger charge is 2.50. The highest BCUT2D eigenvalue weighted by Crippen LogP contribution is 2.43. The summed E-state index contributed by atoms with van der Waals surface area (Å²) in [5.41, 5.74) is 1.02. The Labute approximate surface area is 219 Å². The van der Waals surface area contributed by atoms with E-state index in [-0.39, 0.29) is 35.9 Å². The largest absolute Gasteiger partial charge is 0.494 e. The van der Waals surface area contributed by atoms with Crippen LogP contribution in [0.4, 0.5) is 0 Å². The second kappa shape index (κ2) is 10.5. The van der Waals surface area contributed by atoms with Gasteiger partial charge in [0.05, 0.1) is 18.2 Å². The van der Waals surface area contributed by atoms with Crippen molar-refractivity contribution >= 4 is 45.9 Å². The van der Waals surface area contributed by atoms with Crippen molar-refractivity contribution < 1.29 is 29.0 Å². The van der Waals surface area contributed by atoms with E-state index in [1.165, 1.54) is 7.11 Å². The SMILES string of the molecule is COc1c(Cl)ccc2[nH]c(C(=O)N3C[C@@H]4CCC[C@@H]4[C@H]3C(=O)N[C@@H](C[C@@H]3CCCC3=O)C(=O)CO)cc12. The third kappa shape index (κ3) is 4.75. The topological polar surface area (TPSA) is 129 Å². The van der Waals surface area contributed by atoms with E-state index >= 15 is 0 Å². The van der Waals surface area contributed by atoms with Gasteiger partial charge in [0.1, 0.15) is 29.9 Å². The number of H-pyrrole nitrogens is 1. The maximum atomic E-state index is 13.7. The van der Waals surface area contributed by atoms with Gasteiger partial charge in [-0.1, -0.05) is 18.0 Å². The highest BCUT2D eigenvalue weighted by molar-refractivity contribution is 6.33. The number of carbonyl (C=O) groups excluding carboxylic acids is 4. The lowest BCUT2D eigenvalue weighted by molar-refractivity contribution is -0.133. The number of aliphatic hydroxyl groups excluding tert-OH is 1. The van der Waals surface area contributed by atoms with Crippen molar-refractivity contribution in [2.24, 2.45) is 17.8 Å². The number of nitrogens with one attached hydrogen (secondary N) is 2. The van der Waals surface area contributed by atoms with Gasteiger partial charge in [-0.2, -0.15) is 0 Å². The molecule has 10 heteroatoms. The number of aliphatic hydroxyl groups is 1. The van der Waals surface area contributed by atoms with Crippen LogP contribution < -0.4 is 10.1 Å². The summed E-state index contributed by atoms with van der Waals surface area (Å²) in [5.74, 6) is -0.772. The fourth-order valence-electron chi connectivity index (χ4n) is 6.54. The number of Topliss-reactive ketones (excluding diaryl/α,β-unsaturated/α-hetero) is 2. The summed E-state index contributed by atoms with van der Waals surface area (Å²) in [5, 5.41) is 13.4. The van der Waals surface area contributed by atoms with E-state index in [0.29, 0.717) is 46.8 Å². The number of rotatable bonds is 8. The Balaban J connectivity index is 1.40. The molecule has 3 aliphatic rings. The van der Waals surface area contributed by atoms with Crippen LogP contribution in [-0.2, 0) is 14.4 Å². The van der Waals surface area contributed by atoms with Crippen molar-refractivity contribution in [1.29, 1.82) is 0 Å². The summed E-state index contributed by atoms with van der Waals surface area (Å²) >= 11 is 6.25. The standard InChI is InChI=1S/C27H32ClN3O6/c1-37-25-17-11-21(29-19(17)9-8-18(25)28)27(36)31-12-15-5-2-6-16(15)24(31)26(35)30-20(23(34)13-32)10-14-4-3-7-22(14)33/h8-9,11,14-16,20,24,29,32H,2-7,10,12-13H2,1H3,(H,30,35)/t14-,15-,16-,20-,24-/m0/s1. The Bertz CT molecular complexity index is 1240. The predicted molar refractivity (Wildman–Crippen MR) is 137 cm³/mol. The second-order valence-electron chi connectivity index (χ2n) is 10.5. The lowest BCUT2D eigenvalue weighted by Crippen LogP contribution is -2.53. The zero-order chi connectivity index (χ0) is 26.3. The minimum Gasteiger partial charge on any atom is -0.494 e. The lowest BCUT2D eigenvalue weighted by Gasteiger charge is -2.29. The van der Waals surface area contributed by atoms with Gasteiger partial charge in [0.25, 0.3) is 5.91 Å². The fraction of sp³-hybridized carbons (Fsp3) is 0.556. The zero-order valence-corrected chi connectivity index (χ0v) is 21.6. The molecule has 1 saturated heterocycles. The van der Waals surface area contributed by atoms with E-state index in [1.54, 1.807) is 23.1 Å². The minimum absolute atomic E-state index is 0.00435. The molecule has 2 amide bonds. The van der Waals surface area contributed by atoms with Crippen LogP contribution in [0.3, 0.4) is 0 Å². The maximum Gasteiger partial charge on any atom is 0.271 e. The van der Waals surface area contributed by atoms with Gasteiger partial charge in [0.15, 0.2) is 5.78 Å². The van der Waals surface area contributed by atoms with Gasteiger partial charge in [-0.3, -0.25) is 19.2 Å². The molecule has 3 N–H and O–H groups in total. The Morgan fingerprint density at radius 1 is 1.24 bits per heavy atom. The van der Waals surface area contributed by atoms with Crippen LogP contribution >= 0.6 is 11.6 Å². The van der Waals surface area contributed by atoms with E-state index in [9.17, 15) is 24.3 Å². The molecule has 9 nitrogen and oxygen atoms in total. The summed E-state index contributed by atoms with van der Waals surface area (Å²) in [6, 6.07) is 3.47. The number of aromatic amines is 1. The van der Waals surface area contributed by atoms with E-state index in [4.69, 9.17) is 16.3 Å². The Hall–Kier alpha value is -2.91. The van der Waals surface area contributed by atoms with E-state index in [0.717, 1.165) is 25.7 Å². The van der Waals surface area contributed by atoms with Crippen molar-refractivity contribution in [3.05, 3.63) is 28.9 Å². The van der Waals surface area contributed by atoms with Gasteiger partial charge in [-0.05, 0) is 62.1 Å². The molecule has 0 spiro atoms. The van der Waals surface area contributed by atoms with Gasteiger partial charge in [-0.25, -0.2) is 0 Å². The van der Waals surface area contributed by atoms with E-state index in [2.05, 4.69) is 10.3 Å². The maximum absolute atomic E-state index is 13.7. The molecule has 0 bridgehead atoms. The third-order valence-corrected chi connectivity index (χ3v) is 8.67. The van der Waals surface area contributed by atoms with Gasteiger partial charge >= 0.3 is 0 Å². The molecule has 198 valence electrons. The van der Waals surface area contributed by atoms with Crippen LogP contribution in [-0.4, -0.2) is 70.7 Å². The minimum atomic E-state index is -0.957. The molecule has 2 saturated carbocycles. The molecular weight excluding hydrogens is 498 g/mol. The van der Waals surface area contributed by atoms with Gasteiger partial charge in [0.2, 0.25) is 5.91 Å². The summed E-state index contributed by atoms with van der Waals surface area (Å²) in [6.45, 7) is -0.265. The number of benzene rings is 1. The number of nitrogens with zero attached hydrogens (tertiary/aromatic N) is 1. The van der Waals surface area contributed by atoms with Crippen molar-refractivity contribution in [3.8, 4) is 5.75 Å².